The third-order valence-electron chi connectivity index (χ3n) is 7.92. The Morgan fingerprint density at radius 1 is 0.667 bits per heavy atom. The fourth-order valence-electron chi connectivity index (χ4n) is 5.74. The zero-order valence-corrected chi connectivity index (χ0v) is 23.5. The highest BCUT2D eigenvalue weighted by atomic mass is 16.3. The van der Waals surface area contributed by atoms with Crippen molar-refractivity contribution in [2.24, 2.45) is 0 Å². The number of aromatic nitrogens is 2. The Bertz CT molecular complexity index is 2470. The first kappa shape index (κ1) is 17.9. The lowest BCUT2D eigenvalue weighted by molar-refractivity contribution is 0.590. The van der Waals surface area contributed by atoms with E-state index in [1.807, 2.05) is 54.6 Å². The summed E-state index contributed by atoms with van der Waals surface area (Å²) in [5.41, 5.74) is 4.36. The third-order valence-corrected chi connectivity index (χ3v) is 7.92. The third kappa shape index (κ3) is 4.28. The van der Waals surface area contributed by atoms with Crippen LogP contribution in [0.5, 0.6) is 0 Å². The number of aryl methyl sites for hydroxylation is 3. The van der Waals surface area contributed by atoms with E-state index in [9.17, 15) is 0 Å². The molecular formula is C39H34N2O. The Morgan fingerprint density at radius 2 is 1.45 bits per heavy atom. The number of benzene rings is 4. The summed E-state index contributed by atoms with van der Waals surface area (Å²) in [5, 5.41) is 2.65. The van der Waals surface area contributed by atoms with Crippen LogP contribution in [0.2, 0.25) is 0 Å². The van der Waals surface area contributed by atoms with Gasteiger partial charge in [0, 0.05) is 40.6 Å². The summed E-state index contributed by atoms with van der Waals surface area (Å²) < 4.78 is 81.0. The molecule has 0 saturated carbocycles. The first-order chi connectivity index (χ1) is 23.8. The Morgan fingerprint density at radius 3 is 2.21 bits per heavy atom. The van der Waals surface area contributed by atoms with Crippen LogP contribution in [0, 0.1) is 20.6 Å². The number of rotatable bonds is 3. The molecule has 0 aliphatic rings. The average molecular weight is 556 g/mol. The zero-order valence-electron chi connectivity index (χ0n) is 32.5. The Kier molecular flexibility index (Phi) is 4.12. The summed E-state index contributed by atoms with van der Waals surface area (Å²) in [6.07, 6.45) is 1.28. The van der Waals surface area contributed by atoms with Gasteiger partial charge in [-0.25, -0.2) is 4.98 Å². The van der Waals surface area contributed by atoms with Crippen molar-refractivity contribution in [2.75, 3.05) is 0 Å². The van der Waals surface area contributed by atoms with Crippen molar-refractivity contribution < 1.29 is 16.8 Å². The van der Waals surface area contributed by atoms with Crippen molar-refractivity contribution in [3.63, 3.8) is 0 Å². The minimum absolute atomic E-state index is 0.0158. The summed E-state index contributed by atoms with van der Waals surface area (Å²) in [7, 11) is 0. The van der Waals surface area contributed by atoms with Gasteiger partial charge in [0.05, 0.1) is 5.69 Å². The molecule has 206 valence electrons. The number of pyridine rings is 2. The molecule has 42 heavy (non-hydrogen) atoms. The van der Waals surface area contributed by atoms with Crippen molar-refractivity contribution >= 4 is 32.8 Å². The van der Waals surface area contributed by atoms with E-state index >= 15 is 0 Å². The maximum atomic E-state index is 8.70. The van der Waals surface area contributed by atoms with Crippen LogP contribution >= 0.6 is 0 Å². The molecular weight excluding hydrogens is 512 g/mol. The molecule has 3 heterocycles. The fourth-order valence-corrected chi connectivity index (χ4v) is 5.74. The fraction of sp³-hybridized carbons (Fsp3) is 0.179. The van der Waals surface area contributed by atoms with Crippen LogP contribution in [0.1, 0.15) is 55.5 Å². The standard InChI is InChI=1S/C39H34N2O/c1-23-20-34(26-15-17-27(18-16-26)39(4,5)6)28-10-7-8-11-29(28)36(23)33-21-35(40-22-24(33)2)32-13-9-12-30-31-19-14-25(3)41-38(31)42-37(30)32/h7-22H,1-6H3/i1D3,2D3,3D3. The lowest BCUT2D eigenvalue weighted by Crippen LogP contribution is -2.10. The van der Waals surface area contributed by atoms with E-state index in [0.29, 0.717) is 33.0 Å². The summed E-state index contributed by atoms with van der Waals surface area (Å²) in [6, 6.07) is 27.3. The van der Waals surface area contributed by atoms with E-state index in [1.54, 1.807) is 30.3 Å². The molecule has 0 unspecified atom stereocenters. The van der Waals surface area contributed by atoms with Gasteiger partial charge < -0.3 is 4.42 Å². The molecule has 0 bridgehead atoms. The summed E-state index contributed by atoms with van der Waals surface area (Å²) in [4.78, 5) is 8.84. The molecule has 7 rings (SSSR count). The Balaban J connectivity index is 1.51. The van der Waals surface area contributed by atoms with Crippen LogP contribution in [0.3, 0.4) is 0 Å². The molecule has 0 atom stereocenters. The number of hydrogen-bond acceptors (Lipinski definition) is 3. The van der Waals surface area contributed by atoms with E-state index in [0.717, 1.165) is 22.1 Å². The van der Waals surface area contributed by atoms with Crippen molar-refractivity contribution in [1.29, 1.82) is 0 Å². The molecule has 0 N–H and O–H groups in total. The van der Waals surface area contributed by atoms with Gasteiger partial charge in [0.15, 0.2) is 0 Å². The smallest absolute Gasteiger partial charge is 0.227 e. The second-order valence-electron chi connectivity index (χ2n) is 11.7. The quantitative estimate of drug-likeness (QED) is 0.218. The van der Waals surface area contributed by atoms with Gasteiger partial charge in [0.1, 0.15) is 5.58 Å². The summed E-state index contributed by atoms with van der Waals surface area (Å²) in [5.74, 6) is 0. The highest BCUT2D eigenvalue weighted by Crippen LogP contribution is 2.42. The summed E-state index contributed by atoms with van der Waals surface area (Å²) >= 11 is 0. The van der Waals surface area contributed by atoms with Gasteiger partial charge in [-0.15, -0.1) is 0 Å². The van der Waals surface area contributed by atoms with Crippen LogP contribution in [-0.4, -0.2) is 9.97 Å². The van der Waals surface area contributed by atoms with E-state index in [-0.39, 0.29) is 39.1 Å². The molecule has 0 aliphatic heterocycles. The lowest BCUT2D eigenvalue weighted by Gasteiger charge is -2.20. The van der Waals surface area contributed by atoms with Crippen LogP contribution in [0.25, 0.3) is 66.4 Å². The van der Waals surface area contributed by atoms with Crippen LogP contribution in [0.4, 0.5) is 0 Å². The largest absolute Gasteiger partial charge is 0.437 e. The molecule has 7 aromatic rings. The number of para-hydroxylation sites is 1. The zero-order chi connectivity index (χ0) is 36.7. The van der Waals surface area contributed by atoms with Crippen molar-refractivity contribution in [2.45, 2.75) is 46.7 Å². The van der Waals surface area contributed by atoms with Gasteiger partial charge in [-0.2, -0.15) is 0 Å². The monoisotopic (exact) mass is 555 g/mol. The molecule has 0 spiro atoms. The van der Waals surface area contributed by atoms with Gasteiger partial charge in [-0.1, -0.05) is 87.5 Å². The topological polar surface area (TPSA) is 38.9 Å². The highest BCUT2D eigenvalue weighted by molar-refractivity contribution is 6.09. The predicted molar refractivity (Wildman–Crippen MR) is 176 cm³/mol. The number of furan rings is 1. The Hall–Kier alpha value is -4.76. The van der Waals surface area contributed by atoms with Crippen molar-refractivity contribution in [3.05, 3.63) is 120 Å². The van der Waals surface area contributed by atoms with Crippen molar-refractivity contribution in [3.8, 4) is 33.5 Å². The molecule has 0 aliphatic carbocycles. The van der Waals surface area contributed by atoms with Gasteiger partial charge in [0.25, 0.3) is 0 Å². The number of fused-ring (bicyclic) bond motifs is 4. The van der Waals surface area contributed by atoms with E-state index in [4.69, 9.17) is 16.8 Å². The highest BCUT2D eigenvalue weighted by Gasteiger charge is 2.19. The molecule has 3 nitrogen and oxygen atoms in total. The maximum Gasteiger partial charge on any atom is 0.227 e. The van der Waals surface area contributed by atoms with E-state index < -0.39 is 20.6 Å². The van der Waals surface area contributed by atoms with Gasteiger partial charge in [-0.3, -0.25) is 4.98 Å². The molecule has 0 saturated heterocycles. The second kappa shape index (κ2) is 9.66. The number of nitrogens with zero attached hydrogens (tertiary/aromatic N) is 2. The minimum Gasteiger partial charge on any atom is -0.437 e. The molecule has 4 aromatic carbocycles. The predicted octanol–water partition coefficient (Wildman–Crippen LogP) is 10.8. The van der Waals surface area contributed by atoms with Crippen molar-refractivity contribution in [1.82, 2.24) is 9.97 Å². The van der Waals surface area contributed by atoms with E-state index in [1.165, 1.54) is 12.3 Å². The van der Waals surface area contributed by atoms with Gasteiger partial charge in [-0.05, 0) is 100.0 Å². The molecule has 3 aromatic heterocycles. The maximum absolute atomic E-state index is 8.70. The lowest BCUT2D eigenvalue weighted by atomic mass is 9.84. The molecule has 0 amide bonds. The van der Waals surface area contributed by atoms with Crippen LogP contribution < -0.4 is 0 Å². The first-order valence-electron chi connectivity index (χ1n) is 18.3. The normalized spacial score (nSPS) is 16.1. The Labute approximate surface area is 259 Å². The summed E-state index contributed by atoms with van der Waals surface area (Å²) in [6.45, 7) is -1.27. The first-order valence-corrected chi connectivity index (χ1v) is 13.8. The van der Waals surface area contributed by atoms with E-state index in [2.05, 4.69) is 30.7 Å². The van der Waals surface area contributed by atoms with Gasteiger partial charge in [0.2, 0.25) is 5.71 Å². The van der Waals surface area contributed by atoms with Crippen LogP contribution in [-0.2, 0) is 5.41 Å². The molecule has 3 heteroatoms. The van der Waals surface area contributed by atoms with Gasteiger partial charge >= 0.3 is 0 Å². The minimum atomic E-state index is -2.63. The molecule has 0 radical (unpaired) electrons. The second-order valence-corrected chi connectivity index (χ2v) is 11.7. The average Bonchev–Trinajstić information content (AvgIpc) is 3.44. The van der Waals surface area contributed by atoms with Crippen LogP contribution in [0.15, 0.2) is 102 Å². The SMILES string of the molecule is [2H]C([2H])([2H])c1ccc2c(n1)oc1c(-c3cc(-c4c(C([2H])([2H])[2H])cc(-c5ccc(C(C)(C)C)cc5)c5ccccc45)c(C([2H])([2H])[2H])cn3)cccc12. The number of hydrogen-bond donors (Lipinski definition) is 0. The molecule has 0 fully saturated rings.